The maximum atomic E-state index is 13.2. The zero-order valence-electron chi connectivity index (χ0n) is 17.7. The predicted octanol–water partition coefficient (Wildman–Crippen LogP) is 3.39. The van der Waals surface area contributed by atoms with Gasteiger partial charge in [-0.05, 0) is 37.6 Å². The zero-order chi connectivity index (χ0) is 21.8. The lowest BCUT2D eigenvalue weighted by molar-refractivity contribution is -0.124. The third kappa shape index (κ3) is 4.11. The molecule has 1 aliphatic rings. The molecule has 0 saturated heterocycles. The Morgan fingerprint density at radius 2 is 1.94 bits per heavy atom. The van der Waals surface area contributed by atoms with Gasteiger partial charge in [0, 0.05) is 20.3 Å². The lowest BCUT2D eigenvalue weighted by Gasteiger charge is -2.16. The van der Waals surface area contributed by atoms with Crippen LogP contribution in [-0.4, -0.2) is 48.2 Å². The molecule has 8 nitrogen and oxygen atoms in total. The fourth-order valence-corrected chi connectivity index (χ4v) is 3.90. The Morgan fingerprint density at radius 3 is 2.74 bits per heavy atom. The van der Waals surface area contributed by atoms with Crippen LogP contribution in [0.3, 0.4) is 0 Å². The number of methoxy groups -OCH3 is 1. The maximum absolute atomic E-state index is 13.2. The van der Waals surface area contributed by atoms with Crippen LogP contribution in [0.2, 0.25) is 0 Å². The van der Waals surface area contributed by atoms with Crippen molar-refractivity contribution in [3.05, 3.63) is 48.5 Å². The molecule has 3 aromatic rings. The summed E-state index contributed by atoms with van der Waals surface area (Å²) in [5, 5.41) is 2.89. The molecule has 2 aromatic carbocycles. The molecule has 162 valence electrons. The average molecular weight is 422 g/mol. The van der Waals surface area contributed by atoms with Crippen LogP contribution in [0.5, 0.6) is 5.75 Å². The first-order valence-corrected chi connectivity index (χ1v) is 10.4. The van der Waals surface area contributed by atoms with Crippen molar-refractivity contribution in [1.82, 2.24) is 9.55 Å². The number of ether oxygens (including phenoxy) is 2. The number of benzene rings is 2. The summed E-state index contributed by atoms with van der Waals surface area (Å²) in [5.41, 5.74) is 2.23. The van der Waals surface area contributed by atoms with Crippen LogP contribution in [0.15, 0.2) is 48.5 Å². The van der Waals surface area contributed by atoms with Gasteiger partial charge in [-0.2, -0.15) is 0 Å². The molecule has 0 saturated carbocycles. The van der Waals surface area contributed by atoms with Crippen molar-refractivity contribution >= 4 is 34.5 Å². The quantitative estimate of drug-likeness (QED) is 0.534. The van der Waals surface area contributed by atoms with Gasteiger partial charge in [0.1, 0.15) is 11.8 Å². The van der Waals surface area contributed by atoms with Gasteiger partial charge in [-0.1, -0.05) is 24.3 Å². The standard InChI is InChI=1S/C23H26N4O4/c1-3-31-20-12-7-5-10-17(20)24-21(28)15-19-22(29)26(13-8-14-30-2)23-25-16-9-4-6-11-18(16)27(19)23/h4-7,9-12,19H,3,8,13-15H2,1-2H3,(H,24,28)/t19-/m0/s1. The van der Waals surface area contributed by atoms with Crippen LogP contribution in [0.4, 0.5) is 11.6 Å². The smallest absolute Gasteiger partial charge is 0.253 e. The fourth-order valence-electron chi connectivity index (χ4n) is 3.90. The largest absolute Gasteiger partial charge is 0.492 e. The number of rotatable bonds is 9. The van der Waals surface area contributed by atoms with Gasteiger partial charge >= 0.3 is 0 Å². The average Bonchev–Trinajstić information content (AvgIpc) is 3.26. The summed E-state index contributed by atoms with van der Waals surface area (Å²) in [6.45, 7) is 3.42. The highest BCUT2D eigenvalue weighted by Crippen LogP contribution is 2.36. The number of aromatic nitrogens is 2. The summed E-state index contributed by atoms with van der Waals surface area (Å²) >= 11 is 0. The topological polar surface area (TPSA) is 85.7 Å². The molecule has 0 spiro atoms. The predicted molar refractivity (Wildman–Crippen MR) is 118 cm³/mol. The lowest BCUT2D eigenvalue weighted by atomic mass is 10.1. The van der Waals surface area contributed by atoms with Gasteiger partial charge in [-0.3, -0.25) is 19.1 Å². The Bertz CT molecular complexity index is 1090. The number of nitrogens with zero attached hydrogens (tertiary/aromatic N) is 3. The molecular weight excluding hydrogens is 396 g/mol. The van der Waals surface area contributed by atoms with E-state index in [-0.39, 0.29) is 18.2 Å². The fraction of sp³-hybridized carbons (Fsp3) is 0.348. The highest BCUT2D eigenvalue weighted by atomic mass is 16.5. The number of amides is 2. The van der Waals surface area contributed by atoms with Crippen LogP contribution >= 0.6 is 0 Å². The molecule has 8 heteroatoms. The molecule has 0 aliphatic carbocycles. The number of anilines is 2. The Labute approximate surface area is 180 Å². The van der Waals surface area contributed by atoms with Gasteiger partial charge in [-0.15, -0.1) is 0 Å². The number of hydrogen-bond donors (Lipinski definition) is 1. The van der Waals surface area contributed by atoms with Crippen LogP contribution < -0.4 is 15.0 Å². The van der Waals surface area contributed by atoms with E-state index >= 15 is 0 Å². The van der Waals surface area contributed by atoms with Gasteiger partial charge in [0.25, 0.3) is 5.91 Å². The molecule has 31 heavy (non-hydrogen) atoms. The summed E-state index contributed by atoms with van der Waals surface area (Å²) < 4.78 is 12.6. The zero-order valence-corrected chi connectivity index (χ0v) is 17.7. The van der Waals surface area contributed by atoms with E-state index < -0.39 is 6.04 Å². The van der Waals surface area contributed by atoms with Gasteiger partial charge < -0.3 is 14.8 Å². The van der Waals surface area contributed by atoms with E-state index in [4.69, 9.17) is 9.47 Å². The minimum atomic E-state index is -0.649. The highest BCUT2D eigenvalue weighted by Gasteiger charge is 2.40. The van der Waals surface area contributed by atoms with Crippen LogP contribution in [0, 0.1) is 0 Å². The minimum Gasteiger partial charge on any atom is -0.492 e. The first-order chi connectivity index (χ1) is 15.1. The van der Waals surface area contributed by atoms with Crippen molar-refractivity contribution in [1.29, 1.82) is 0 Å². The second kappa shape index (κ2) is 9.18. The van der Waals surface area contributed by atoms with E-state index in [9.17, 15) is 9.59 Å². The van der Waals surface area contributed by atoms with Crippen molar-refractivity contribution in [3.8, 4) is 5.75 Å². The number of carbonyl (C=O) groups is 2. The van der Waals surface area contributed by atoms with Gasteiger partial charge in [0.05, 0.1) is 29.7 Å². The van der Waals surface area contributed by atoms with E-state index in [1.807, 2.05) is 47.9 Å². The maximum Gasteiger partial charge on any atom is 0.253 e. The van der Waals surface area contributed by atoms with Crippen molar-refractivity contribution in [2.24, 2.45) is 0 Å². The van der Waals surface area contributed by atoms with E-state index in [1.165, 1.54) is 0 Å². The van der Waals surface area contributed by atoms with Crippen LogP contribution in [0.25, 0.3) is 11.0 Å². The van der Waals surface area contributed by atoms with Gasteiger partial charge in [0.15, 0.2) is 0 Å². The lowest BCUT2D eigenvalue weighted by Crippen LogP contribution is -2.32. The number of imidazole rings is 1. The molecule has 2 heterocycles. The normalized spacial score (nSPS) is 15.4. The second-order valence-corrected chi connectivity index (χ2v) is 7.30. The number of para-hydroxylation sites is 4. The van der Waals surface area contributed by atoms with E-state index in [2.05, 4.69) is 10.3 Å². The van der Waals surface area contributed by atoms with Crippen molar-refractivity contribution in [3.63, 3.8) is 0 Å². The Kier molecular flexibility index (Phi) is 6.18. The summed E-state index contributed by atoms with van der Waals surface area (Å²) in [4.78, 5) is 32.5. The summed E-state index contributed by atoms with van der Waals surface area (Å²) in [6.07, 6.45) is 0.694. The minimum absolute atomic E-state index is 0.00737. The van der Waals surface area contributed by atoms with Gasteiger partial charge in [-0.25, -0.2) is 4.98 Å². The first-order valence-electron chi connectivity index (χ1n) is 10.4. The molecule has 0 unspecified atom stereocenters. The van der Waals surface area contributed by atoms with E-state index in [1.54, 1.807) is 24.1 Å². The molecule has 1 N–H and O–H groups in total. The third-order valence-electron chi connectivity index (χ3n) is 5.25. The Morgan fingerprint density at radius 1 is 1.16 bits per heavy atom. The number of carbonyl (C=O) groups excluding carboxylic acids is 2. The Balaban J connectivity index is 1.59. The van der Waals surface area contributed by atoms with Crippen LogP contribution in [-0.2, 0) is 14.3 Å². The Hall–Kier alpha value is -3.39. The SMILES string of the molecule is CCOc1ccccc1NC(=O)C[C@H]1C(=O)N(CCCOC)c2nc3ccccc3n21. The van der Waals surface area contributed by atoms with Gasteiger partial charge in [0.2, 0.25) is 11.9 Å². The summed E-state index contributed by atoms with van der Waals surface area (Å²) in [6, 6.07) is 14.3. The van der Waals surface area contributed by atoms with Crippen molar-refractivity contribution < 1.29 is 19.1 Å². The second-order valence-electron chi connectivity index (χ2n) is 7.30. The highest BCUT2D eigenvalue weighted by molar-refractivity contribution is 6.05. The molecular formula is C23H26N4O4. The monoisotopic (exact) mass is 422 g/mol. The molecule has 0 bridgehead atoms. The molecule has 0 radical (unpaired) electrons. The third-order valence-corrected chi connectivity index (χ3v) is 5.25. The van der Waals surface area contributed by atoms with Crippen LogP contribution in [0.1, 0.15) is 25.8 Å². The molecule has 1 atom stereocenters. The number of fused-ring (bicyclic) bond motifs is 3. The van der Waals surface area contributed by atoms with E-state index in [0.29, 0.717) is 43.6 Å². The molecule has 1 aromatic heterocycles. The molecule has 1 aliphatic heterocycles. The van der Waals surface area contributed by atoms with Crippen molar-refractivity contribution in [2.45, 2.75) is 25.8 Å². The first kappa shape index (κ1) is 20.9. The molecule has 2 amide bonds. The van der Waals surface area contributed by atoms with E-state index in [0.717, 1.165) is 11.0 Å². The number of nitrogens with one attached hydrogen (secondary N) is 1. The van der Waals surface area contributed by atoms with Crippen molar-refractivity contribution in [2.75, 3.05) is 37.1 Å². The molecule has 4 rings (SSSR count). The summed E-state index contributed by atoms with van der Waals surface area (Å²) in [5.74, 6) is 0.798. The number of hydrogen-bond acceptors (Lipinski definition) is 5. The summed E-state index contributed by atoms with van der Waals surface area (Å²) in [7, 11) is 1.63. The molecule has 0 fully saturated rings.